The summed E-state index contributed by atoms with van der Waals surface area (Å²) in [6.07, 6.45) is -2.37. The number of alkyl halides is 2. The van der Waals surface area contributed by atoms with Gasteiger partial charge in [-0.1, -0.05) is 11.6 Å². The van der Waals surface area contributed by atoms with Gasteiger partial charge in [-0.05, 0) is 11.1 Å². The van der Waals surface area contributed by atoms with E-state index < -0.39 is 24.5 Å². The van der Waals surface area contributed by atoms with Crippen LogP contribution in [0.5, 0.6) is 0 Å². The fourth-order valence-electron chi connectivity index (χ4n) is 1.34. The van der Waals surface area contributed by atoms with E-state index in [1.807, 2.05) is 0 Å². The van der Waals surface area contributed by atoms with Crippen LogP contribution < -0.4 is 5.73 Å². The van der Waals surface area contributed by atoms with Gasteiger partial charge in [0.15, 0.2) is 0 Å². The van der Waals surface area contributed by atoms with Crippen LogP contribution in [0, 0.1) is 0 Å². The Balaban J connectivity index is 3.34. The van der Waals surface area contributed by atoms with Crippen molar-refractivity contribution in [1.29, 1.82) is 0 Å². The third-order valence-electron chi connectivity index (χ3n) is 2.02. The van der Waals surface area contributed by atoms with Gasteiger partial charge in [0.2, 0.25) is 0 Å². The molecule has 1 heterocycles. The molecule has 0 spiro atoms. The molecule has 0 unspecified atom stereocenters. The standard InChI is InChI=1S/C9H9ClF2N2O2/c10-6-3-14-8(9(11)12)4(1-7(15)16)5(6)2-13/h3,9H,1-2,13H2,(H,15,16). The zero-order valence-electron chi connectivity index (χ0n) is 8.08. The second-order valence-corrected chi connectivity index (χ2v) is 3.43. The molecule has 0 atom stereocenters. The molecule has 0 bridgehead atoms. The molecule has 0 amide bonds. The molecule has 0 saturated carbocycles. The first-order chi connectivity index (χ1) is 7.47. The van der Waals surface area contributed by atoms with Crippen LogP contribution in [0.15, 0.2) is 6.20 Å². The van der Waals surface area contributed by atoms with Gasteiger partial charge >= 0.3 is 5.97 Å². The van der Waals surface area contributed by atoms with E-state index in [0.29, 0.717) is 0 Å². The molecule has 0 aromatic carbocycles. The summed E-state index contributed by atoms with van der Waals surface area (Å²) < 4.78 is 25.2. The molecule has 0 radical (unpaired) electrons. The molecule has 4 nitrogen and oxygen atoms in total. The summed E-state index contributed by atoms with van der Waals surface area (Å²) in [5.74, 6) is -1.24. The van der Waals surface area contributed by atoms with Crippen molar-refractivity contribution in [3.63, 3.8) is 0 Å². The minimum absolute atomic E-state index is 0.0995. The molecule has 0 aliphatic carbocycles. The van der Waals surface area contributed by atoms with Crippen molar-refractivity contribution in [2.24, 2.45) is 5.73 Å². The van der Waals surface area contributed by atoms with E-state index in [1.54, 1.807) is 0 Å². The Morgan fingerprint density at radius 1 is 1.56 bits per heavy atom. The van der Waals surface area contributed by atoms with Gasteiger partial charge in [-0.25, -0.2) is 8.78 Å². The number of nitrogens with two attached hydrogens (primary N) is 1. The number of hydrogen-bond acceptors (Lipinski definition) is 3. The van der Waals surface area contributed by atoms with E-state index in [9.17, 15) is 13.6 Å². The van der Waals surface area contributed by atoms with Crippen LogP contribution in [-0.4, -0.2) is 16.1 Å². The van der Waals surface area contributed by atoms with Crippen molar-refractivity contribution in [3.8, 4) is 0 Å². The molecular weight excluding hydrogens is 242 g/mol. The van der Waals surface area contributed by atoms with E-state index in [4.69, 9.17) is 22.4 Å². The molecule has 16 heavy (non-hydrogen) atoms. The highest BCUT2D eigenvalue weighted by Gasteiger charge is 2.21. The largest absolute Gasteiger partial charge is 0.481 e. The highest BCUT2D eigenvalue weighted by molar-refractivity contribution is 6.31. The van der Waals surface area contributed by atoms with Crippen molar-refractivity contribution >= 4 is 17.6 Å². The molecule has 0 saturated heterocycles. The number of nitrogens with zero attached hydrogens (tertiary/aromatic N) is 1. The lowest BCUT2D eigenvalue weighted by Crippen LogP contribution is -2.12. The van der Waals surface area contributed by atoms with Gasteiger partial charge in [0, 0.05) is 12.7 Å². The molecule has 1 rings (SSSR count). The fraction of sp³-hybridized carbons (Fsp3) is 0.333. The summed E-state index contributed by atoms with van der Waals surface area (Å²) >= 11 is 5.71. The van der Waals surface area contributed by atoms with Gasteiger partial charge in [-0.15, -0.1) is 0 Å². The third kappa shape index (κ3) is 2.65. The van der Waals surface area contributed by atoms with Crippen molar-refractivity contribution < 1.29 is 18.7 Å². The van der Waals surface area contributed by atoms with Crippen LogP contribution in [0.3, 0.4) is 0 Å². The Hall–Kier alpha value is -1.27. The van der Waals surface area contributed by atoms with Crippen molar-refractivity contribution in [1.82, 2.24) is 4.98 Å². The number of halogens is 3. The predicted octanol–water partition coefficient (Wildman–Crippen LogP) is 1.76. The minimum atomic E-state index is -2.85. The highest BCUT2D eigenvalue weighted by atomic mass is 35.5. The number of aliphatic carboxylic acids is 1. The Morgan fingerprint density at radius 3 is 2.62 bits per heavy atom. The maximum Gasteiger partial charge on any atom is 0.307 e. The molecule has 0 aliphatic heterocycles. The molecule has 3 N–H and O–H groups in total. The van der Waals surface area contributed by atoms with E-state index >= 15 is 0 Å². The average Bonchev–Trinajstić information content (AvgIpc) is 2.16. The average molecular weight is 251 g/mol. The van der Waals surface area contributed by atoms with Crippen molar-refractivity contribution in [2.75, 3.05) is 0 Å². The van der Waals surface area contributed by atoms with Crippen LogP contribution in [0.2, 0.25) is 5.02 Å². The Bertz CT molecular complexity index is 413. The lowest BCUT2D eigenvalue weighted by molar-refractivity contribution is -0.136. The Morgan fingerprint density at radius 2 is 2.19 bits per heavy atom. The van der Waals surface area contributed by atoms with Crippen LogP contribution in [-0.2, 0) is 17.8 Å². The molecule has 1 aromatic heterocycles. The van der Waals surface area contributed by atoms with Crippen LogP contribution >= 0.6 is 11.6 Å². The van der Waals surface area contributed by atoms with Gasteiger partial charge in [0.1, 0.15) is 5.69 Å². The number of pyridine rings is 1. The number of aromatic nitrogens is 1. The lowest BCUT2D eigenvalue weighted by atomic mass is 10.0. The zero-order chi connectivity index (χ0) is 12.3. The van der Waals surface area contributed by atoms with Crippen molar-refractivity contribution in [3.05, 3.63) is 28.0 Å². The molecule has 7 heteroatoms. The molecule has 88 valence electrons. The van der Waals surface area contributed by atoms with Crippen LogP contribution in [0.25, 0.3) is 0 Å². The van der Waals surface area contributed by atoms with Gasteiger partial charge in [-0.3, -0.25) is 9.78 Å². The fourth-order valence-corrected chi connectivity index (χ4v) is 1.58. The lowest BCUT2D eigenvalue weighted by Gasteiger charge is -2.12. The third-order valence-corrected chi connectivity index (χ3v) is 2.34. The van der Waals surface area contributed by atoms with Gasteiger partial charge in [0.05, 0.1) is 11.4 Å². The number of carbonyl (C=O) groups is 1. The quantitative estimate of drug-likeness (QED) is 0.854. The van der Waals surface area contributed by atoms with E-state index in [-0.39, 0.29) is 22.7 Å². The Kier molecular flexibility index (Phi) is 4.14. The maximum absolute atomic E-state index is 12.6. The normalized spacial score (nSPS) is 10.8. The van der Waals surface area contributed by atoms with Gasteiger partial charge < -0.3 is 10.8 Å². The summed E-state index contributed by atoms with van der Waals surface area (Å²) in [5.41, 5.74) is 4.87. The number of carboxylic acid groups (broad SMARTS) is 1. The summed E-state index contributed by atoms with van der Waals surface area (Å²) in [7, 11) is 0. The first-order valence-electron chi connectivity index (χ1n) is 4.33. The monoisotopic (exact) mass is 250 g/mol. The highest BCUT2D eigenvalue weighted by Crippen LogP contribution is 2.28. The molecule has 1 aromatic rings. The second-order valence-electron chi connectivity index (χ2n) is 3.02. The van der Waals surface area contributed by atoms with E-state index in [0.717, 1.165) is 6.20 Å². The van der Waals surface area contributed by atoms with Crippen LogP contribution in [0.1, 0.15) is 23.2 Å². The predicted molar refractivity (Wildman–Crippen MR) is 53.4 cm³/mol. The summed E-state index contributed by atoms with van der Waals surface area (Å²) in [6.45, 7) is -0.107. The van der Waals surface area contributed by atoms with Crippen LogP contribution in [0.4, 0.5) is 8.78 Å². The minimum Gasteiger partial charge on any atom is -0.481 e. The van der Waals surface area contributed by atoms with E-state index in [2.05, 4.69) is 4.98 Å². The zero-order valence-corrected chi connectivity index (χ0v) is 8.84. The summed E-state index contributed by atoms with van der Waals surface area (Å²) in [5, 5.41) is 8.73. The first kappa shape index (κ1) is 12.8. The molecular formula is C9H9ClF2N2O2. The Labute approximate surface area is 95.0 Å². The number of hydrogen-bond donors (Lipinski definition) is 2. The molecule has 0 fully saturated rings. The van der Waals surface area contributed by atoms with E-state index in [1.165, 1.54) is 0 Å². The number of carboxylic acids is 1. The topological polar surface area (TPSA) is 76.2 Å². The van der Waals surface area contributed by atoms with Crippen molar-refractivity contribution in [2.45, 2.75) is 19.4 Å². The second kappa shape index (κ2) is 5.18. The van der Waals surface area contributed by atoms with Gasteiger partial charge in [-0.2, -0.15) is 0 Å². The smallest absolute Gasteiger partial charge is 0.307 e. The van der Waals surface area contributed by atoms with Gasteiger partial charge in [0.25, 0.3) is 6.43 Å². The molecule has 0 aliphatic rings. The summed E-state index contributed by atoms with van der Waals surface area (Å²) in [6, 6.07) is 0. The maximum atomic E-state index is 12.6. The first-order valence-corrected chi connectivity index (χ1v) is 4.71. The summed E-state index contributed by atoms with van der Waals surface area (Å²) in [4.78, 5) is 14.0. The SMILES string of the molecule is NCc1c(Cl)cnc(C(F)F)c1CC(=O)O. The number of rotatable bonds is 4.